The molecule has 0 saturated carbocycles. The van der Waals surface area contributed by atoms with Gasteiger partial charge < -0.3 is 10.6 Å². The minimum atomic E-state index is -0.349. The molecule has 2 N–H and O–H groups in total. The highest BCUT2D eigenvalue weighted by molar-refractivity contribution is 5.82. The van der Waals surface area contributed by atoms with E-state index < -0.39 is 0 Å². The van der Waals surface area contributed by atoms with Gasteiger partial charge in [-0.15, -0.1) is 0 Å². The van der Waals surface area contributed by atoms with E-state index >= 15 is 0 Å². The van der Waals surface area contributed by atoms with Crippen LogP contribution < -0.4 is 5.73 Å². The zero-order valence-corrected chi connectivity index (χ0v) is 14.8. The molecule has 2 heterocycles. The second-order valence-corrected chi connectivity index (χ2v) is 7.45. The first-order valence-electron chi connectivity index (χ1n) is 8.92. The molecule has 22 heavy (non-hydrogen) atoms. The lowest BCUT2D eigenvalue weighted by molar-refractivity contribution is -0.135. The molecule has 5 nitrogen and oxygen atoms in total. The average Bonchev–Trinajstić information content (AvgIpc) is 2.83. The summed E-state index contributed by atoms with van der Waals surface area (Å²) >= 11 is 0. The van der Waals surface area contributed by atoms with Crippen molar-refractivity contribution < 1.29 is 4.79 Å². The van der Waals surface area contributed by atoms with Gasteiger partial charge in [-0.1, -0.05) is 13.8 Å². The summed E-state index contributed by atoms with van der Waals surface area (Å²) in [5, 5.41) is 0. The molecule has 2 fully saturated rings. The molecule has 5 heteroatoms. The number of hydrogen-bond donors (Lipinski definition) is 1. The van der Waals surface area contributed by atoms with E-state index in [1.807, 2.05) is 18.7 Å². The average molecular weight is 310 g/mol. The molecular formula is C17H34N4O. The second kappa shape index (κ2) is 7.75. The van der Waals surface area contributed by atoms with Crippen molar-refractivity contribution in [3.05, 3.63) is 0 Å². The van der Waals surface area contributed by atoms with Gasteiger partial charge >= 0.3 is 0 Å². The molecule has 3 atom stereocenters. The van der Waals surface area contributed by atoms with Crippen molar-refractivity contribution in [3.63, 3.8) is 0 Å². The van der Waals surface area contributed by atoms with Gasteiger partial charge in [0.2, 0.25) is 5.91 Å². The Morgan fingerprint density at radius 2 is 1.59 bits per heavy atom. The molecule has 0 spiro atoms. The molecule has 0 bridgehead atoms. The van der Waals surface area contributed by atoms with E-state index in [-0.39, 0.29) is 17.9 Å². The third kappa shape index (κ3) is 4.21. The van der Waals surface area contributed by atoms with E-state index in [0.717, 1.165) is 51.4 Å². The minimum Gasteiger partial charge on any atom is -0.339 e. The van der Waals surface area contributed by atoms with Crippen LogP contribution in [-0.4, -0.2) is 78.0 Å². The van der Waals surface area contributed by atoms with Gasteiger partial charge in [-0.05, 0) is 32.6 Å². The summed E-state index contributed by atoms with van der Waals surface area (Å²) in [4.78, 5) is 19.3. The van der Waals surface area contributed by atoms with Crippen molar-refractivity contribution in [2.24, 2.45) is 11.7 Å². The summed E-state index contributed by atoms with van der Waals surface area (Å²) in [5.74, 6) is 0.333. The molecule has 0 aromatic rings. The SMILES string of the molecule is CC(C)[C@H](N)C(=O)N1CCN(CCN2C(C)CCC2C)CC1. The van der Waals surface area contributed by atoms with Crippen LogP contribution in [0.4, 0.5) is 0 Å². The van der Waals surface area contributed by atoms with Crippen LogP contribution in [0.1, 0.15) is 40.5 Å². The summed E-state index contributed by atoms with van der Waals surface area (Å²) in [6.45, 7) is 14.6. The van der Waals surface area contributed by atoms with Crippen LogP contribution in [0.2, 0.25) is 0 Å². The van der Waals surface area contributed by atoms with Crippen molar-refractivity contribution in [1.29, 1.82) is 0 Å². The molecule has 128 valence electrons. The first-order chi connectivity index (χ1) is 10.4. The first-order valence-corrected chi connectivity index (χ1v) is 8.92. The number of piperazine rings is 1. The Morgan fingerprint density at radius 3 is 2.09 bits per heavy atom. The summed E-state index contributed by atoms with van der Waals surface area (Å²) in [6.07, 6.45) is 2.66. The Balaban J connectivity index is 1.72. The minimum absolute atomic E-state index is 0.122. The summed E-state index contributed by atoms with van der Waals surface area (Å²) in [5.41, 5.74) is 5.99. The van der Waals surface area contributed by atoms with Gasteiger partial charge in [0.05, 0.1) is 6.04 Å². The van der Waals surface area contributed by atoms with Crippen LogP contribution in [0.15, 0.2) is 0 Å². The van der Waals surface area contributed by atoms with Crippen molar-refractivity contribution >= 4 is 5.91 Å². The standard InChI is InChI=1S/C17H34N4O/c1-13(2)16(18)17(22)20-10-7-19(8-11-20)9-12-21-14(3)5-6-15(21)4/h13-16H,5-12,18H2,1-4H3/t14?,15?,16-/m0/s1. The Labute approximate surface area is 135 Å². The van der Waals surface area contributed by atoms with E-state index in [0.29, 0.717) is 0 Å². The number of carbonyl (C=O) groups excluding carboxylic acids is 1. The number of hydrogen-bond acceptors (Lipinski definition) is 4. The molecule has 2 aliphatic rings. The number of amides is 1. The largest absolute Gasteiger partial charge is 0.339 e. The quantitative estimate of drug-likeness (QED) is 0.823. The highest BCUT2D eigenvalue weighted by Gasteiger charge is 2.29. The third-order valence-corrected chi connectivity index (χ3v) is 5.50. The fraction of sp³-hybridized carbons (Fsp3) is 0.941. The predicted octanol–water partition coefficient (Wildman–Crippen LogP) is 0.987. The van der Waals surface area contributed by atoms with E-state index in [1.165, 1.54) is 12.8 Å². The molecule has 2 unspecified atom stereocenters. The zero-order valence-electron chi connectivity index (χ0n) is 14.8. The molecule has 2 saturated heterocycles. The number of nitrogens with zero attached hydrogens (tertiary/aromatic N) is 3. The molecule has 1 amide bonds. The molecule has 0 radical (unpaired) electrons. The second-order valence-electron chi connectivity index (χ2n) is 7.45. The molecule has 0 aliphatic carbocycles. The van der Waals surface area contributed by atoms with Gasteiger partial charge in [0, 0.05) is 51.4 Å². The zero-order chi connectivity index (χ0) is 16.3. The summed E-state index contributed by atoms with van der Waals surface area (Å²) in [6, 6.07) is 1.10. The number of nitrogens with two attached hydrogens (primary N) is 1. The maximum atomic E-state index is 12.3. The van der Waals surface area contributed by atoms with Crippen molar-refractivity contribution in [2.75, 3.05) is 39.3 Å². The number of carbonyl (C=O) groups is 1. The van der Waals surface area contributed by atoms with Gasteiger partial charge in [0.15, 0.2) is 0 Å². The van der Waals surface area contributed by atoms with Crippen LogP contribution >= 0.6 is 0 Å². The smallest absolute Gasteiger partial charge is 0.239 e. The lowest BCUT2D eigenvalue weighted by Crippen LogP contribution is -2.55. The third-order valence-electron chi connectivity index (χ3n) is 5.50. The fourth-order valence-electron chi connectivity index (χ4n) is 3.63. The lowest BCUT2D eigenvalue weighted by atomic mass is 10.0. The van der Waals surface area contributed by atoms with Crippen molar-refractivity contribution in [1.82, 2.24) is 14.7 Å². The van der Waals surface area contributed by atoms with E-state index in [4.69, 9.17) is 5.73 Å². The van der Waals surface area contributed by atoms with Crippen LogP contribution in [-0.2, 0) is 4.79 Å². The molecule has 2 aliphatic heterocycles. The molecule has 0 aromatic carbocycles. The van der Waals surface area contributed by atoms with Crippen LogP contribution in [0.3, 0.4) is 0 Å². The molecular weight excluding hydrogens is 276 g/mol. The Morgan fingerprint density at radius 1 is 1.05 bits per heavy atom. The van der Waals surface area contributed by atoms with Gasteiger partial charge in [-0.3, -0.25) is 14.6 Å². The maximum absolute atomic E-state index is 12.3. The Kier molecular flexibility index (Phi) is 6.24. The Bertz CT molecular complexity index is 356. The summed E-state index contributed by atoms with van der Waals surface area (Å²) in [7, 11) is 0. The van der Waals surface area contributed by atoms with Crippen molar-refractivity contribution in [2.45, 2.75) is 58.7 Å². The number of rotatable bonds is 5. The molecule has 0 aromatic heterocycles. The predicted molar refractivity (Wildman–Crippen MR) is 90.7 cm³/mol. The van der Waals surface area contributed by atoms with Crippen molar-refractivity contribution in [3.8, 4) is 0 Å². The topological polar surface area (TPSA) is 52.8 Å². The summed E-state index contributed by atoms with van der Waals surface area (Å²) < 4.78 is 0. The maximum Gasteiger partial charge on any atom is 0.239 e. The fourth-order valence-corrected chi connectivity index (χ4v) is 3.63. The van der Waals surface area contributed by atoms with Crippen LogP contribution in [0.25, 0.3) is 0 Å². The molecule has 2 rings (SSSR count). The Hall–Kier alpha value is -0.650. The highest BCUT2D eigenvalue weighted by Crippen LogP contribution is 2.22. The monoisotopic (exact) mass is 310 g/mol. The van der Waals surface area contributed by atoms with E-state index in [2.05, 4.69) is 23.6 Å². The number of likely N-dealkylation sites (tertiary alicyclic amines) is 1. The van der Waals surface area contributed by atoms with Gasteiger partial charge in [0.1, 0.15) is 0 Å². The normalized spacial score (nSPS) is 29.3. The van der Waals surface area contributed by atoms with Gasteiger partial charge in [-0.25, -0.2) is 0 Å². The van der Waals surface area contributed by atoms with Crippen LogP contribution in [0.5, 0.6) is 0 Å². The highest BCUT2D eigenvalue weighted by atomic mass is 16.2. The van der Waals surface area contributed by atoms with Gasteiger partial charge in [-0.2, -0.15) is 0 Å². The van der Waals surface area contributed by atoms with Gasteiger partial charge in [0.25, 0.3) is 0 Å². The van der Waals surface area contributed by atoms with E-state index in [1.54, 1.807) is 0 Å². The van der Waals surface area contributed by atoms with Crippen LogP contribution in [0, 0.1) is 5.92 Å². The first kappa shape index (κ1) is 17.7. The van der Waals surface area contributed by atoms with E-state index in [9.17, 15) is 4.79 Å². The lowest BCUT2D eigenvalue weighted by Gasteiger charge is -2.37.